The van der Waals surface area contributed by atoms with Gasteiger partial charge in [-0.1, -0.05) is 12.1 Å². The predicted octanol–water partition coefficient (Wildman–Crippen LogP) is 4.44. The number of carbonyl (C=O) groups is 1. The molecule has 2 aliphatic rings. The Morgan fingerprint density at radius 2 is 1.90 bits per heavy atom. The molecule has 1 aromatic carbocycles. The molecule has 0 bridgehead atoms. The topological polar surface area (TPSA) is 108 Å². The van der Waals surface area contributed by atoms with Gasteiger partial charge in [0.2, 0.25) is 5.91 Å². The Balaban J connectivity index is 1.42. The van der Waals surface area contributed by atoms with Crippen LogP contribution < -0.4 is 10.8 Å². The van der Waals surface area contributed by atoms with E-state index in [4.69, 9.17) is 0 Å². The number of anilines is 1. The molecular formula is C27H31F3N5O3P. The van der Waals surface area contributed by atoms with Gasteiger partial charge in [-0.3, -0.25) is 9.78 Å². The molecule has 208 valence electrons. The van der Waals surface area contributed by atoms with E-state index in [0.29, 0.717) is 59.5 Å². The highest BCUT2D eigenvalue weighted by molar-refractivity contribution is 7.71. The van der Waals surface area contributed by atoms with Crippen LogP contribution in [0, 0.1) is 19.3 Å². The molecule has 1 amide bonds. The number of nitrogens with zero attached hydrogens (tertiary/aromatic N) is 4. The van der Waals surface area contributed by atoms with Crippen LogP contribution in [0.4, 0.5) is 19.0 Å². The molecule has 8 nitrogen and oxygen atoms in total. The van der Waals surface area contributed by atoms with E-state index >= 15 is 0 Å². The van der Waals surface area contributed by atoms with Gasteiger partial charge in [0.05, 0.1) is 35.3 Å². The number of fused-ring (bicyclic) bond motifs is 1. The molecule has 0 spiro atoms. The summed E-state index contributed by atoms with van der Waals surface area (Å²) in [4.78, 5) is 27.9. The third-order valence-electron chi connectivity index (χ3n) is 7.96. The fourth-order valence-corrected chi connectivity index (χ4v) is 7.77. The van der Waals surface area contributed by atoms with Crippen LogP contribution in [0.3, 0.4) is 0 Å². The quantitative estimate of drug-likeness (QED) is 0.429. The molecule has 5 rings (SSSR count). The van der Waals surface area contributed by atoms with Crippen molar-refractivity contribution in [2.24, 2.45) is 5.41 Å². The lowest BCUT2D eigenvalue weighted by Crippen LogP contribution is -2.45. The number of aryl methyl sites for hydroxylation is 1. The summed E-state index contributed by atoms with van der Waals surface area (Å²) >= 11 is 0. The van der Waals surface area contributed by atoms with E-state index in [2.05, 4.69) is 20.3 Å². The van der Waals surface area contributed by atoms with Crippen molar-refractivity contribution in [2.45, 2.75) is 45.8 Å². The number of hydrogen-bond donors (Lipinski definition) is 2. The number of alkyl halides is 3. The summed E-state index contributed by atoms with van der Waals surface area (Å²) in [5.74, 6) is 0.810. The van der Waals surface area contributed by atoms with Crippen LogP contribution >= 0.6 is 7.14 Å². The molecule has 12 heteroatoms. The molecule has 3 aromatic rings. The van der Waals surface area contributed by atoms with Crippen molar-refractivity contribution in [3.05, 3.63) is 53.0 Å². The van der Waals surface area contributed by atoms with Gasteiger partial charge in [-0.05, 0) is 56.9 Å². The van der Waals surface area contributed by atoms with E-state index < -0.39 is 30.3 Å². The molecule has 1 saturated carbocycles. The van der Waals surface area contributed by atoms with Crippen molar-refractivity contribution in [2.75, 3.05) is 37.3 Å². The van der Waals surface area contributed by atoms with Gasteiger partial charge >= 0.3 is 6.18 Å². The summed E-state index contributed by atoms with van der Waals surface area (Å²) in [7, 11) is -2.92. The zero-order chi connectivity index (χ0) is 28.2. The van der Waals surface area contributed by atoms with Gasteiger partial charge < -0.3 is 19.9 Å². The van der Waals surface area contributed by atoms with Crippen molar-refractivity contribution >= 4 is 35.2 Å². The predicted molar refractivity (Wildman–Crippen MR) is 143 cm³/mol. The molecule has 1 aliphatic carbocycles. The van der Waals surface area contributed by atoms with Gasteiger partial charge in [0.15, 0.2) is 0 Å². The smallest absolute Gasteiger partial charge is 0.395 e. The van der Waals surface area contributed by atoms with Gasteiger partial charge in [-0.2, -0.15) is 13.2 Å². The first kappa shape index (κ1) is 27.5. The number of hydrogen-bond acceptors (Lipinski definition) is 7. The molecule has 3 heterocycles. The second-order valence-corrected chi connectivity index (χ2v) is 13.8. The first-order valence-corrected chi connectivity index (χ1v) is 15.0. The summed E-state index contributed by atoms with van der Waals surface area (Å²) in [5, 5.41) is 13.4. The third kappa shape index (κ3) is 5.14. The highest BCUT2D eigenvalue weighted by atomic mass is 31.2. The van der Waals surface area contributed by atoms with Crippen molar-refractivity contribution in [3.63, 3.8) is 0 Å². The van der Waals surface area contributed by atoms with Crippen molar-refractivity contribution < 1.29 is 27.6 Å². The van der Waals surface area contributed by atoms with E-state index in [0.717, 1.165) is 6.07 Å². The zero-order valence-electron chi connectivity index (χ0n) is 22.0. The van der Waals surface area contributed by atoms with E-state index in [1.165, 1.54) is 13.0 Å². The molecular weight excluding hydrogens is 530 g/mol. The Labute approximate surface area is 224 Å². The lowest BCUT2D eigenvalue weighted by Gasteiger charge is -2.34. The number of benzene rings is 1. The minimum atomic E-state index is -4.46. The van der Waals surface area contributed by atoms with Crippen molar-refractivity contribution in [1.29, 1.82) is 0 Å². The highest BCUT2D eigenvalue weighted by Gasteiger charge is 2.52. The maximum absolute atomic E-state index is 14.0. The Kier molecular flexibility index (Phi) is 6.96. The van der Waals surface area contributed by atoms with E-state index in [1.54, 1.807) is 37.1 Å². The first-order valence-electron chi connectivity index (χ1n) is 12.9. The largest absolute Gasteiger partial charge is 0.416 e. The van der Waals surface area contributed by atoms with Gasteiger partial charge in [-0.15, -0.1) is 0 Å². The monoisotopic (exact) mass is 561 g/mol. The number of aliphatic hydroxyl groups is 1. The third-order valence-corrected chi connectivity index (χ3v) is 10.9. The Bertz CT molecular complexity index is 1480. The van der Waals surface area contributed by atoms with Crippen molar-refractivity contribution in [3.8, 4) is 0 Å². The van der Waals surface area contributed by atoms with E-state index in [9.17, 15) is 27.6 Å². The lowest BCUT2D eigenvalue weighted by atomic mass is 9.97. The Morgan fingerprint density at radius 3 is 2.51 bits per heavy atom. The minimum absolute atomic E-state index is 0.0723. The van der Waals surface area contributed by atoms with Crippen LogP contribution in [0.25, 0.3) is 10.9 Å². The molecule has 2 N–H and O–H groups in total. The Hall–Kier alpha value is -3.04. The summed E-state index contributed by atoms with van der Waals surface area (Å²) in [6, 6.07) is 5.31. The molecule has 39 heavy (non-hydrogen) atoms. The number of halogens is 3. The zero-order valence-corrected chi connectivity index (χ0v) is 22.9. The molecule has 2 fully saturated rings. The van der Waals surface area contributed by atoms with Crippen LogP contribution in [0.1, 0.15) is 48.3 Å². The number of carbonyl (C=O) groups excluding carboxylic acids is 1. The Morgan fingerprint density at radius 1 is 1.21 bits per heavy atom. The van der Waals surface area contributed by atoms with Crippen LogP contribution in [-0.4, -0.2) is 62.9 Å². The lowest BCUT2D eigenvalue weighted by molar-refractivity contribution is -0.139. The van der Waals surface area contributed by atoms with Gasteiger partial charge in [0.1, 0.15) is 24.2 Å². The highest BCUT2D eigenvalue weighted by Crippen LogP contribution is 2.50. The number of aliphatic hydroxyl groups excluding tert-OH is 1. The molecule has 1 atom stereocenters. The summed E-state index contributed by atoms with van der Waals surface area (Å²) < 4.78 is 54.4. The van der Waals surface area contributed by atoms with Crippen LogP contribution in [-0.2, 0) is 15.5 Å². The first-order chi connectivity index (χ1) is 18.4. The normalized spacial score (nSPS) is 19.1. The van der Waals surface area contributed by atoms with Crippen LogP contribution in [0.5, 0.6) is 0 Å². The molecule has 1 saturated heterocycles. The maximum Gasteiger partial charge on any atom is 0.416 e. The second kappa shape index (κ2) is 9.86. The van der Waals surface area contributed by atoms with E-state index in [-0.39, 0.29) is 30.4 Å². The van der Waals surface area contributed by atoms with E-state index in [1.807, 2.05) is 0 Å². The van der Waals surface area contributed by atoms with Crippen molar-refractivity contribution in [1.82, 2.24) is 19.9 Å². The SMILES string of the molecule is Cc1nc(N[C@H](C)c2cccc(C(F)(F)F)c2C)c2cc(P3(=O)CCN(C(=O)C4(CO)CC4)CC3)ncc2n1. The number of pyridine rings is 1. The molecule has 0 unspecified atom stereocenters. The average molecular weight is 562 g/mol. The molecule has 2 aromatic heterocycles. The number of amides is 1. The standard InChI is InChI=1S/C27H31F3N5O3P/c1-16-19(5-4-6-21(16)27(28,29)30)17(2)32-24-20-13-23(31-14-22(20)33-18(3)34-24)39(38)11-9-35(10-12-39)25(37)26(15-36)7-8-26/h4-6,13-14,17,36H,7-12,15H2,1-3H3,(H,32,33,34)/t17-/m1/s1. The number of aromatic nitrogens is 3. The maximum atomic E-state index is 14.0. The fraction of sp³-hybridized carbons (Fsp3) is 0.481. The number of rotatable bonds is 6. The summed E-state index contributed by atoms with van der Waals surface area (Å²) in [6.45, 7) is 5.43. The summed E-state index contributed by atoms with van der Waals surface area (Å²) in [5.41, 5.74) is 0.238. The minimum Gasteiger partial charge on any atom is -0.395 e. The molecule has 0 radical (unpaired) electrons. The summed E-state index contributed by atoms with van der Waals surface area (Å²) in [6.07, 6.45) is -0.982. The van der Waals surface area contributed by atoms with Gasteiger partial charge in [-0.25, -0.2) is 9.97 Å². The second-order valence-electron chi connectivity index (χ2n) is 10.6. The van der Waals surface area contributed by atoms with Gasteiger partial charge in [0, 0.05) is 30.8 Å². The van der Waals surface area contributed by atoms with Gasteiger partial charge in [0.25, 0.3) is 0 Å². The van der Waals surface area contributed by atoms with Crippen LogP contribution in [0.15, 0.2) is 30.5 Å². The number of nitrogens with one attached hydrogen (secondary N) is 1. The molecule has 1 aliphatic heterocycles. The fourth-order valence-electron chi connectivity index (χ4n) is 5.33. The van der Waals surface area contributed by atoms with Crippen LogP contribution in [0.2, 0.25) is 0 Å². The average Bonchev–Trinajstić information content (AvgIpc) is 3.69.